The van der Waals surface area contributed by atoms with E-state index in [1.165, 1.54) is 18.2 Å². The van der Waals surface area contributed by atoms with Crippen LogP contribution in [0.1, 0.15) is 18.1 Å². The van der Waals surface area contributed by atoms with E-state index in [0.717, 1.165) is 0 Å². The fourth-order valence-corrected chi connectivity index (χ4v) is 2.17. The van der Waals surface area contributed by atoms with Crippen LogP contribution in [-0.2, 0) is 16.6 Å². The van der Waals surface area contributed by atoms with E-state index in [4.69, 9.17) is 11.0 Å². The molecule has 0 aliphatic carbocycles. The van der Waals surface area contributed by atoms with Crippen molar-refractivity contribution in [3.63, 3.8) is 0 Å². The summed E-state index contributed by atoms with van der Waals surface area (Å²) >= 11 is 0. The summed E-state index contributed by atoms with van der Waals surface area (Å²) in [7, 11) is -1.09. The molecule has 2 N–H and O–H groups in total. The fourth-order valence-electron chi connectivity index (χ4n) is 1.16. The van der Waals surface area contributed by atoms with Gasteiger partial charge in [-0.15, -0.1) is 0 Å². The van der Waals surface area contributed by atoms with Gasteiger partial charge in [-0.3, -0.25) is 4.21 Å². The van der Waals surface area contributed by atoms with Gasteiger partial charge in [0.15, 0.2) is 0 Å². The number of benzene rings is 1. The molecule has 0 bridgehead atoms. The van der Waals surface area contributed by atoms with Gasteiger partial charge in [-0.1, -0.05) is 6.07 Å². The second kappa shape index (κ2) is 5.73. The Kier molecular flexibility index (Phi) is 4.59. The van der Waals surface area contributed by atoms with Crippen molar-refractivity contribution in [3.8, 4) is 6.07 Å². The van der Waals surface area contributed by atoms with E-state index in [0.29, 0.717) is 17.9 Å². The lowest BCUT2D eigenvalue weighted by Gasteiger charge is -2.08. The summed E-state index contributed by atoms with van der Waals surface area (Å²) in [6.07, 6.45) is 0. The van der Waals surface area contributed by atoms with Gasteiger partial charge in [0, 0.05) is 28.3 Å². The summed E-state index contributed by atoms with van der Waals surface area (Å²) < 4.78 is 24.7. The Morgan fingerprint density at radius 2 is 2.31 bits per heavy atom. The largest absolute Gasteiger partial charge is 0.329 e. The van der Waals surface area contributed by atoms with Crippen molar-refractivity contribution in [1.82, 2.24) is 0 Å². The Morgan fingerprint density at radius 3 is 2.88 bits per heavy atom. The standard InChI is InChI=1S/C11H13FN2OS/c1-8(5-13)16(15)7-9-2-3-11(12)10(4-9)6-14/h2-4,8H,5,7,13H2,1H3. The molecule has 0 aromatic heterocycles. The van der Waals surface area contributed by atoms with Gasteiger partial charge in [0.1, 0.15) is 11.9 Å². The minimum atomic E-state index is -1.09. The average molecular weight is 240 g/mol. The molecule has 0 aliphatic heterocycles. The molecule has 1 aromatic carbocycles. The Labute approximate surface area is 96.5 Å². The second-order valence-corrected chi connectivity index (χ2v) is 5.35. The van der Waals surface area contributed by atoms with Crippen LogP contribution in [0, 0.1) is 17.1 Å². The zero-order chi connectivity index (χ0) is 12.1. The van der Waals surface area contributed by atoms with Crippen LogP contribution in [0.5, 0.6) is 0 Å². The number of nitriles is 1. The van der Waals surface area contributed by atoms with Gasteiger partial charge >= 0.3 is 0 Å². The number of hydrogen-bond donors (Lipinski definition) is 1. The zero-order valence-electron chi connectivity index (χ0n) is 8.94. The highest BCUT2D eigenvalue weighted by atomic mass is 32.2. The van der Waals surface area contributed by atoms with Crippen molar-refractivity contribution >= 4 is 10.8 Å². The average Bonchev–Trinajstić information content (AvgIpc) is 2.30. The third-order valence-corrected chi connectivity index (χ3v) is 3.95. The van der Waals surface area contributed by atoms with Gasteiger partial charge in [-0.05, 0) is 24.6 Å². The molecular weight excluding hydrogens is 227 g/mol. The molecule has 86 valence electrons. The Bertz CT molecular complexity index is 442. The molecule has 16 heavy (non-hydrogen) atoms. The lowest BCUT2D eigenvalue weighted by Crippen LogP contribution is -2.22. The number of nitrogens with zero attached hydrogens (tertiary/aromatic N) is 1. The smallest absolute Gasteiger partial charge is 0.140 e. The quantitative estimate of drug-likeness (QED) is 0.862. The first kappa shape index (κ1) is 12.8. The molecule has 0 spiro atoms. The first-order valence-electron chi connectivity index (χ1n) is 4.84. The Hall–Kier alpha value is -1.25. The van der Waals surface area contributed by atoms with Gasteiger partial charge in [-0.25, -0.2) is 4.39 Å². The molecule has 1 rings (SSSR count). The lowest BCUT2D eigenvalue weighted by atomic mass is 10.1. The maximum Gasteiger partial charge on any atom is 0.140 e. The van der Waals surface area contributed by atoms with Crippen molar-refractivity contribution in [1.29, 1.82) is 5.26 Å². The highest BCUT2D eigenvalue weighted by Crippen LogP contribution is 2.12. The van der Waals surface area contributed by atoms with Crippen molar-refractivity contribution in [2.24, 2.45) is 5.73 Å². The summed E-state index contributed by atoms with van der Waals surface area (Å²) in [6, 6.07) is 5.94. The monoisotopic (exact) mass is 240 g/mol. The van der Waals surface area contributed by atoms with E-state index in [-0.39, 0.29) is 10.8 Å². The van der Waals surface area contributed by atoms with Gasteiger partial charge < -0.3 is 5.73 Å². The van der Waals surface area contributed by atoms with Gasteiger partial charge in [0.25, 0.3) is 0 Å². The molecular formula is C11H13FN2OS. The molecule has 0 aliphatic rings. The molecule has 2 unspecified atom stereocenters. The Morgan fingerprint density at radius 1 is 1.62 bits per heavy atom. The second-order valence-electron chi connectivity index (χ2n) is 3.50. The molecule has 5 heteroatoms. The summed E-state index contributed by atoms with van der Waals surface area (Å²) in [5.74, 6) is -0.253. The van der Waals surface area contributed by atoms with Crippen LogP contribution >= 0.6 is 0 Å². The number of hydrogen-bond acceptors (Lipinski definition) is 3. The van der Waals surface area contributed by atoms with Gasteiger partial charge in [0.05, 0.1) is 5.56 Å². The van der Waals surface area contributed by atoms with Crippen LogP contribution in [0.3, 0.4) is 0 Å². The normalized spacial score (nSPS) is 14.1. The number of rotatable bonds is 4. The van der Waals surface area contributed by atoms with Crippen molar-refractivity contribution < 1.29 is 8.60 Å². The lowest BCUT2D eigenvalue weighted by molar-refractivity contribution is 0.623. The predicted octanol–water partition coefficient (Wildman–Crippen LogP) is 1.29. The van der Waals surface area contributed by atoms with Crippen LogP contribution < -0.4 is 5.73 Å². The Balaban J connectivity index is 2.83. The van der Waals surface area contributed by atoms with Crippen LogP contribution in [-0.4, -0.2) is 16.0 Å². The predicted molar refractivity (Wildman–Crippen MR) is 61.5 cm³/mol. The molecule has 0 fully saturated rings. The van der Waals surface area contributed by atoms with Crippen molar-refractivity contribution in [3.05, 3.63) is 35.1 Å². The van der Waals surface area contributed by atoms with Crippen LogP contribution in [0.4, 0.5) is 4.39 Å². The molecule has 2 atom stereocenters. The van der Waals surface area contributed by atoms with Crippen LogP contribution in [0.15, 0.2) is 18.2 Å². The first-order valence-corrected chi connectivity index (χ1v) is 6.22. The maximum absolute atomic E-state index is 13.0. The molecule has 0 saturated heterocycles. The topological polar surface area (TPSA) is 66.9 Å². The minimum absolute atomic E-state index is 0.0186. The van der Waals surface area contributed by atoms with E-state index >= 15 is 0 Å². The van der Waals surface area contributed by atoms with E-state index < -0.39 is 16.6 Å². The van der Waals surface area contributed by atoms with Gasteiger partial charge in [-0.2, -0.15) is 5.26 Å². The SMILES string of the molecule is CC(CN)S(=O)Cc1ccc(F)c(C#N)c1. The number of halogens is 1. The van der Waals surface area contributed by atoms with E-state index in [1.54, 1.807) is 13.0 Å². The highest BCUT2D eigenvalue weighted by Gasteiger charge is 2.11. The number of nitrogens with two attached hydrogens (primary N) is 1. The minimum Gasteiger partial charge on any atom is -0.329 e. The van der Waals surface area contributed by atoms with Crippen molar-refractivity contribution in [2.75, 3.05) is 6.54 Å². The zero-order valence-corrected chi connectivity index (χ0v) is 9.76. The van der Waals surface area contributed by atoms with E-state index in [1.807, 2.05) is 0 Å². The fraction of sp³-hybridized carbons (Fsp3) is 0.364. The molecule has 0 heterocycles. The third-order valence-electron chi connectivity index (χ3n) is 2.24. The molecule has 0 saturated carbocycles. The van der Waals surface area contributed by atoms with Crippen molar-refractivity contribution in [2.45, 2.75) is 17.9 Å². The van der Waals surface area contributed by atoms with E-state index in [9.17, 15) is 8.60 Å². The van der Waals surface area contributed by atoms with Crippen LogP contribution in [0.2, 0.25) is 0 Å². The summed E-state index contributed by atoms with van der Waals surface area (Å²) in [5, 5.41) is 8.55. The van der Waals surface area contributed by atoms with Gasteiger partial charge in [0.2, 0.25) is 0 Å². The maximum atomic E-state index is 13.0. The molecule has 1 aromatic rings. The summed E-state index contributed by atoms with van der Waals surface area (Å²) in [5.41, 5.74) is 6.07. The first-order chi connectivity index (χ1) is 7.58. The molecule has 0 radical (unpaired) electrons. The summed E-state index contributed by atoms with van der Waals surface area (Å²) in [4.78, 5) is 0. The summed E-state index contributed by atoms with van der Waals surface area (Å²) in [6.45, 7) is 2.14. The highest BCUT2D eigenvalue weighted by molar-refractivity contribution is 7.84. The molecule has 3 nitrogen and oxygen atoms in total. The molecule has 0 amide bonds. The third kappa shape index (κ3) is 3.12. The van der Waals surface area contributed by atoms with Crippen LogP contribution in [0.25, 0.3) is 0 Å². The van der Waals surface area contributed by atoms with E-state index in [2.05, 4.69) is 0 Å².